The zero-order valence-electron chi connectivity index (χ0n) is 14.0. The second kappa shape index (κ2) is 7.29. The van der Waals surface area contributed by atoms with Gasteiger partial charge in [-0.25, -0.2) is 4.68 Å². The minimum absolute atomic E-state index is 0.0431. The molecular formula is C19H17BrN4O2. The highest BCUT2D eigenvalue weighted by Gasteiger charge is 2.33. The molecule has 1 fully saturated rings. The van der Waals surface area contributed by atoms with E-state index in [1.165, 1.54) is 0 Å². The molecule has 132 valence electrons. The Labute approximate surface area is 159 Å². The van der Waals surface area contributed by atoms with Crippen molar-refractivity contribution in [3.05, 3.63) is 76.5 Å². The van der Waals surface area contributed by atoms with E-state index < -0.39 is 0 Å². The number of nitrogens with zero attached hydrogens (tertiary/aromatic N) is 4. The maximum atomic E-state index is 12.4. The molecule has 0 radical (unpaired) electrons. The van der Waals surface area contributed by atoms with Gasteiger partial charge in [0.05, 0.1) is 12.2 Å². The number of hydrogen-bond acceptors (Lipinski definition) is 4. The van der Waals surface area contributed by atoms with Crippen LogP contribution in [0.5, 0.6) is 5.75 Å². The Hall–Kier alpha value is -2.67. The lowest BCUT2D eigenvalue weighted by Crippen LogP contribution is -2.50. The molecular weight excluding hydrogens is 396 g/mol. The second-order valence-corrected chi connectivity index (χ2v) is 7.08. The summed E-state index contributed by atoms with van der Waals surface area (Å²) < 4.78 is 8.46. The number of benzene rings is 2. The van der Waals surface area contributed by atoms with Gasteiger partial charge in [0.25, 0.3) is 5.91 Å². The van der Waals surface area contributed by atoms with Gasteiger partial charge in [0.15, 0.2) is 0 Å². The topological polar surface area (TPSA) is 60.2 Å². The molecule has 1 amide bonds. The van der Waals surface area contributed by atoms with Crippen molar-refractivity contribution in [2.45, 2.75) is 12.6 Å². The van der Waals surface area contributed by atoms with Crippen LogP contribution in [-0.4, -0.2) is 38.9 Å². The molecule has 0 atom stereocenters. The Morgan fingerprint density at radius 1 is 1.12 bits per heavy atom. The Bertz CT molecular complexity index is 889. The highest BCUT2D eigenvalue weighted by molar-refractivity contribution is 9.10. The summed E-state index contributed by atoms with van der Waals surface area (Å²) in [5.41, 5.74) is 1.47. The molecule has 7 heteroatoms. The van der Waals surface area contributed by atoms with Crippen molar-refractivity contribution in [3.63, 3.8) is 0 Å². The Balaban J connectivity index is 1.31. The van der Waals surface area contributed by atoms with Crippen LogP contribution in [0.25, 0.3) is 0 Å². The Morgan fingerprint density at radius 2 is 1.85 bits per heavy atom. The average molecular weight is 413 g/mol. The van der Waals surface area contributed by atoms with Crippen molar-refractivity contribution >= 4 is 21.8 Å². The molecule has 6 nitrogen and oxygen atoms in total. The summed E-state index contributed by atoms with van der Waals surface area (Å²) in [5, 5.41) is 8.32. The zero-order valence-corrected chi connectivity index (χ0v) is 15.5. The second-order valence-electron chi connectivity index (χ2n) is 6.16. The third-order valence-electron chi connectivity index (χ3n) is 4.30. The molecule has 0 aliphatic carbocycles. The zero-order chi connectivity index (χ0) is 17.9. The van der Waals surface area contributed by atoms with Gasteiger partial charge in [0, 0.05) is 23.1 Å². The lowest BCUT2D eigenvalue weighted by Gasteiger charge is -2.38. The number of hydrogen-bond donors (Lipinski definition) is 0. The largest absolute Gasteiger partial charge is 0.487 e. The highest BCUT2D eigenvalue weighted by Crippen LogP contribution is 2.23. The summed E-state index contributed by atoms with van der Waals surface area (Å²) in [7, 11) is 0. The van der Waals surface area contributed by atoms with E-state index in [0.717, 1.165) is 15.9 Å². The molecule has 1 aromatic heterocycles. The van der Waals surface area contributed by atoms with Gasteiger partial charge in [-0.1, -0.05) is 39.3 Å². The predicted octanol–water partition coefficient (Wildman–Crippen LogP) is 3.32. The molecule has 0 N–H and O–H groups in total. The SMILES string of the molecule is O=C(c1ccc(Br)cc1)N1CC(n2cc(COc3ccccc3)nn2)C1. The quantitative estimate of drug-likeness (QED) is 0.644. The summed E-state index contributed by atoms with van der Waals surface area (Å²) in [6.45, 7) is 1.65. The third-order valence-corrected chi connectivity index (χ3v) is 4.83. The van der Waals surface area contributed by atoms with Crippen LogP contribution in [0.1, 0.15) is 22.1 Å². The van der Waals surface area contributed by atoms with Crippen LogP contribution in [0, 0.1) is 0 Å². The molecule has 26 heavy (non-hydrogen) atoms. The maximum Gasteiger partial charge on any atom is 0.254 e. The number of amides is 1. The smallest absolute Gasteiger partial charge is 0.254 e. The fraction of sp³-hybridized carbons (Fsp3) is 0.211. The summed E-state index contributed by atoms with van der Waals surface area (Å²) in [6.07, 6.45) is 1.88. The number of carbonyl (C=O) groups excluding carboxylic acids is 1. The number of aromatic nitrogens is 3. The Morgan fingerprint density at radius 3 is 2.58 bits per heavy atom. The van der Waals surface area contributed by atoms with Crippen molar-refractivity contribution < 1.29 is 9.53 Å². The van der Waals surface area contributed by atoms with Crippen molar-refractivity contribution in [1.29, 1.82) is 0 Å². The number of likely N-dealkylation sites (tertiary alicyclic amines) is 1. The van der Waals surface area contributed by atoms with Gasteiger partial charge < -0.3 is 9.64 Å². The highest BCUT2D eigenvalue weighted by atomic mass is 79.9. The predicted molar refractivity (Wildman–Crippen MR) is 99.9 cm³/mol. The molecule has 1 aliphatic heterocycles. The van der Waals surface area contributed by atoms with Crippen LogP contribution in [0.3, 0.4) is 0 Å². The molecule has 0 unspecified atom stereocenters. The van der Waals surface area contributed by atoms with E-state index in [1.807, 2.05) is 70.4 Å². The van der Waals surface area contributed by atoms with Gasteiger partial charge in [-0.3, -0.25) is 4.79 Å². The summed E-state index contributed by atoms with van der Waals surface area (Å²) in [4.78, 5) is 14.2. The van der Waals surface area contributed by atoms with E-state index in [2.05, 4.69) is 26.2 Å². The van der Waals surface area contributed by atoms with Crippen LogP contribution < -0.4 is 4.74 Å². The van der Waals surface area contributed by atoms with Crippen LogP contribution >= 0.6 is 15.9 Å². The molecule has 2 aromatic carbocycles. The van der Waals surface area contributed by atoms with E-state index in [4.69, 9.17) is 4.74 Å². The third kappa shape index (κ3) is 3.62. The van der Waals surface area contributed by atoms with Crippen LogP contribution in [0.15, 0.2) is 65.3 Å². The average Bonchev–Trinajstić information content (AvgIpc) is 3.08. The first-order chi connectivity index (χ1) is 12.7. The van der Waals surface area contributed by atoms with E-state index >= 15 is 0 Å². The minimum Gasteiger partial charge on any atom is -0.487 e. The first kappa shape index (κ1) is 16.8. The van der Waals surface area contributed by atoms with Crippen LogP contribution in [-0.2, 0) is 6.61 Å². The molecule has 3 aromatic rings. The molecule has 4 rings (SSSR count). The van der Waals surface area contributed by atoms with Gasteiger partial charge in [-0.2, -0.15) is 0 Å². The van der Waals surface area contributed by atoms with Crippen molar-refractivity contribution in [2.24, 2.45) is 0 Å². The summed E-state index contributed by atoms with van der Waals surface area (Å²) in [6, 6.07) is 17.2. The summed E-state index contributed by atoms with van der Waals surface area (Å²) >= 11 is 3.38. The van der Waals surface area contributed by atoms with E-state index in [0.29, 0.717) is 25.3 Å². The lowest BCUT2D eigenvalue weighted by atomic mass is 10.1. The first-order valence-electron chi connectivity index (χ1n) is 8.32. The first-order valence-corrected chi connectivity index (χ1v) is 9.12. The molecule has 1 aliphatic rings. The molecule has 0 bridgehead atoms. The fourth-order valence-electron chi connectivity index (χ4n) is 2.80. The number of para-hydroxylation sites is 1. The lowest BCUT2D eigenvalue weighted by molar-refractivity contribution is 0.0498. The number of ether oxygens (including phenoxy) is 1. The minimum atomic E-state index is 0.0431. The fourth-order valence-corrected chi connectivity index (χ4v) is 3.06. The van der Waals surface area contributed by atoms with Gasteiger partial charge >= 0.3 is 0 Å². The van der Waals surface area contributed by atoms with Crippen LogP contribution in [0.2, 0.25) is 0 Å². The Kier molecular flexibility index (Phi) is 4.71. The van der Waals surface area contributed by atoms with E-state index in [-0.39, 0.29) is 11.9 Å². The van der Waals surface area contributed by atoms with E-state index in [9.17, 15) is 4.79 Å². The summed E-state index contributed by atoms with van der Waals surface area (Å²) in [5.74, 6) is 0.846. The van der Waals surface area contributed by atoms with Crippen LogP contribution in [0.4, 0.5) is 0 Å². The van der Waals surface area contributed by atoms with Gasteiger partial charge in [0.1, 0.15) is 18.1 Å². The maximum absolute atomic E-state index is 12.4. The van der Waals surface area contributed by atoms with Crippen molar-refractivity contribution in [2.75, 3.05) is 13.1 Å². The number of halogens is 1. The molecule has 2 heterocycles. The van der Waals surface area contributed by atoms with Crippen molar-refractivity contribution in [3.8, 4) is 5.75 Å². The van der Waals surface area contributed by atoms with Gasteiger partial charge in [-0.15, -0.1) is 5.10 Å². The monoisotopic (exact) mass is 412 g/mol. The van der Waals surface area contributed by atoms with Gasteiger partial charge in [-0.05, 0) is 36.4 Å². The normalized spacial score (nSPS) is 14.1. The standard InChI is InChI=1S/C19H17BrN4O2/c20-15-8-6-14(7-9-15)19(25)23-11-17(12-23)24-10-16(21-22-24)13-26-18-4-2-1-3-5-18/h1-10,17H,11-13H2. The number of carbonyl (C=O) groups is 1. The number of rotatable bonds is 5. The molecule has 0 spiro atoms. The van der Waals surface area contributed by atoms with Gasteiger partial charge in [0.2, 0.25) is 0 Å². The molecule has 0 saturated carbocycles. The molecule has 1 saturated heterocycles. The van der Waals surface area contributed by atoms with Crippen molar-refractivity contribution in [1.82, 2.24) is 19.9 Å². The van der Waals surface area contributed by atoms with E-state index in [1.54, 1.807) is 0 Å².